The van der Waals surface area contributed by atoms with Gasteiger partial charge in [-0.3, -0.25) is 10.1 Å². The first-order chi connectivity index (χ1) is 9.97. The Hall–Kier alpha value is -1.14. The Bertz CT molecular complexity index is 527. The molecule has 0 bridgehead atoms. The number of nitro benzene ring substituents is 1. The molecule has 0 radical (unpaired) electrons. The highest BCUT2D eigenvalue weighted by atomic mass is 79.9. The van der Waals surface area contributed by atoms with Gasteiger partial charge in [0.15, 0.2) is 0 Å². The summed E-state index contributed by atoms with van der Waals surface area (Å²) in [5.41, 5.74) is 1.74. The van der Waals surface area contributed by atoms with E-state index in [1.165, 1.54) is 6.07 Å². The van der Waals surface area contributed by atoms with Crippen LogP contribution in [0, 0.1) is 29.4 Å². The molecule has 6 heteroatoms. The van der Waals surface area contributed by atoms with Crippen molar-refractivity contribution in [3.05, 3.63) is 33.4 Å². The molecule has 0 unspecified atom stereocenters. The van der Waals surface area contributed by atoms with Crippen LogP contribution in [0.5, 0.6) is 5.75 Å². The van der Waals surface area contributed by atoms with Crippen molar-refractivity contribution in [3.8, 4) is 5.75 Å². The molecule has 1 aliphatic rings. The summed E-state index contributed by atoms with van der Waals surface area (Å²) in [4.78, 5) is 10.7. The van der Waals surface area contributed by atoms with Gasteiger partial charge in [0.25, 0.3) is 5.69 Å². The minimum atomic E-state index is -0.365. The monoisotopic (exact) mass is 357 g/mol. The van der Waals surface area contributed by atoms with Crippen LogP contribution in [0.3, 0.4) is 0 Å². The maximum Gasteiger partial charge on any atom is 0.276 e. The number of hydrogen-bond donors (Lipinski definition) is 0. The number of nitrogens with zero attached hydrogens (tertiary/aromatic N) is 1. The van der Waals surface area contributed by atoms with Crippen LogP contribution in [0.25, 0.3) is 0 Å². The van der Waals surface area contributed by atoms with Gasteiger partial charge in [-0.15, -0.1) is 0 Å². The van der Waals surface area contributed by atoms with Crippen molar-refractivity contribution in [2.45, 2.75) is 26.7 Å². The minimum Gasteiger partial charge on any atom is -0.492 e. The van der Waals surface area contributed by atoms with Crippen LogP contribution >= 0.6 is 15.9 Å². The molecule has 2 rings (SSSR count). The van der Waals surface area contributed by atoms with Gasteiger partial charge >= 0.3 is 0 Å². The van der Waals surface area contributed by atoms with E-state index >= 15 is 0 Å². The molecule has 1 saturated heterocycles. The minimum absolute atomic E-state index is 0.0460. The van der Waals surface area contributed by atoms with Crippen LogP contribution in [-0.2, 0) is 4.74 Å². The van der Waals surface area contributed by atoms with E-state index in [9.17, 15) is 10.1 Å². The summed E-state index contributed by atoms with van der Waals surface area (Å²) in [5, 5.41) is 11.9. The first-order valence-corrected chi connectivity index (χ1v) is 8.12. The summed E-state index contributed by atoms with van der Waals surface area (Å²) < 4.78 is 11.3. The number of alkyl halides is 1. The van der Waals surface area contributed by atoms with Crippen molar-refractivity contribution in [1.29, 1.82) is 0 Å². The third-order valence-corrected chi connectivity index (χ3v) is 5.25. The zero-order valence-corrected chi connectivity index (χ0v) is 13.9. The smallest absolute Gasteiger partial charge is 0.276 e. The van der Waals surface area contributed by atoms with Gasteiger partial charge in [-0.1, -0.05) is 15.9 Å². The van der Waals surface area contributed by atoms with Crippen LogP contribution < -0.4 is 4.74 Å². The molecule has 0 atom stereocenters. The van der Waals surface area contributed by atoms with Crippen LogP contribution in [0.2, 0.25) is 0 Å². The predicted octanol–water partition coefficient (Wildman–Crippen LogP) is 3.78. The zero-order valence-electron chi connectivity index (χ0n) is 12.4. The Morgan fingerprint density at radius 2 is 2.00 bits per heavy atom. The van der Waals surface area contributed by atoms with E-state index < -0.39 is 0 Å². The fraction of sp³-hybridized carbons (Fsp3) is 0.600. The Labute approximate surface area is 132 Å². The second-order valence-electron chi connectivity index (χ2n) is 5.70. The molecule has 1 aromatic carbocycles. The Morgan fingerprint density at radius 3 is 2.57 bits per heavy atom. The van der Waals surface area contributed by atoms with Crippen LogP contribution in [0.1, 0.15) is 24.0 Å². The highest BCUT2D eigenvalue weighted by molar-refractivity contribution is 9.09. The molecule has 0 amide bonds. The second-order valence-corrected chi connectivity index (χ2v) is 6.26. The van der Waals surface area contributed by atoms with Gasteiger partial charge in [-0.2, -0.15) is 0 Å². The van der Waals surface area contributed by atoms with Gasteiger partial charge < -0.3 is 9.47 Å². The van der Waals surface area contributed by atoms with Crippen molar-refractivity contribution in [1.82, 2.24) is 0 Å². The maximum atomic E-state index is 11.0. The summed E-state index contributed by atoms with van der Waals surface area (Å²) in [5.74, 6) is 0.596. The maximum absolute atomic E-state index is 11.0. The van der Waals surface area contributed by atoms with Gasteiger partial charge in [0, 0.05) is 29.5 Å². The van der Waals surface area contributed by atoms with Gasteiger partial charge in [0.05, 0.1) is 17.6 Å². The van der Waals surface area contributed by atoms with Crippen molar-refractivity contribution in [3.63, 3.8) is 0 Å². The normalized spacial score (nSPS) is 17.5. The highest BCUT2D eigenvalue weighted by Gasteiger charge is 2.32. The standard InChI is InChI=1S/C15H20BrNO4/c1-11-7-12(2)14(8-13(11)17(18)19)21-10-15(9-16)3-5-20-6-4-15/h7-8H,3-6,9-10H2,1-2H3. The lowest BCUT2D eigenvalue weighted by Gasteiger charge is -2.35. The molecular formula is C15H20BrNO4. The summed E-state index contributed by atoms with van der Waals surface area (Å²) in [6.07, 6.45) is 1.87. The second kappa shape index (κ2) is 6.75. The summed E-state index contributed by atoms with van der Waals surface area (Å²) in [6, 6.07) is 3.34. The topological polar surface area (TPSA) is 61.6 Å². The van der Waals surface area contributed by atoms with E-state index in [4.69, 9.17) is 9.47 Å². The van der Waals surface area contributed by atoms with Crippen molar-refractivity contribution >= 4 is 21.6 Å². The quantitative estimate of drug-likeness (QED) is 0.457. The van der Waals surface area contributed by atoms with Crippen molar-refractivity contribution in [2.75, 3.05) is 25.2 Å². The van der Waals surface area contributed by atoms with Gasteiger partial charge in [0.2, 0.25) is 0 Å². The van der Waals surface area contributed by atoms with Crippen LogP contribution in [0.15, 0.2) is 12.1 Å². The lowest BCUT2D eigenvalue weighted by molar-refractivity contribution is -0.385. The lowest BCUT2D eigenvalue weighted by atomic mass is 9.83. The Balaban J connectivity index is 2.15. The fourth-order valence-electron chi connectivity index (χ4n) is 2.53. The van der Waals surface area contributed by atoms with E-state index in [2.05, 4.69) is 15.9 Å². The number of halogens is 1. The first kappa shape index (κ1) is 16.2. The summed E-state index contributed by atoms with van der Waals surface area (Å²) in [6.45, 7) is 5.68. The molecule has 0 aromatic heterocycles. The van der Waals surface area contributed by atoms with E-state index in [1.807, 2.05) is 6.92 Å². The molecular weight excluding hydrogens is 338 g/mol. The average molecular weight is 358 g/mol. The molecule has 1 fully saturated rings. The SMILES string of the molecule is Cc1cc(C)c([N+](=O)[O-])cc1OCC1(CBr)CCOCC1. The molecule has 0 N–H and O–H groups in total. The molecule has 1 aromatic rings. The van der Waals surface area contributed by atoms with E-state index in [0.29, 0.717) is 17.9 Å². The number of aryl methyl sites for hydroxylation is 2. The predicted molar refractivity (Wildman–Crippen MR) is 84.3 cm³/mol. The molecule has 1 heterocycles. The van der Waals surface area contributed by atoms with Crippen molar-refractivity contribution in [2.24, 2.45) is 5.41 Å². The number of ether oxygens (including phenoxy) is 2. The van der Waals surface area contributed by atoms with E-state index in [1.54, 1.807) is 13.0 Å². The number of rotatable bonds is 5. The zero-order chi connectivity index (χ0) is 15.5. The largest absolute Gasteiger partial charge is 0.492 e. The Morgan fingerprint density at radius 1 is 1.33 bits per heavy atom. The van der Waals surface area contributed by atoms with E-state index in [0.717, 1.165) is 36.9 Å². The molecule has 5 nitrogen and oxygen atoms in total. The van der Waals surface area contributed by atoms with Gasteiger partial charge in [-0.05, 0) is 38.3 Å². The number of hydrogen-bond acceptors (Lipinski definition) is 4. The lowest BCUT2D eigenvalue weighted by Crippen LogP contribution is -2.36. The van der Waals surface area contributed by atoms with Gasteiger partial charge in [0.1, 0.15) is 5.75 Å². The molecule has 0 aliphatic carbocycles. The molecule has 116 valence electrons. The number of nitro groups is 1. The highest BCUT2D eigenvalue weighted by Crippen LogP contribution is 2.35. The molecule has 21 heavy (non-hydrogen) atoms. The Kier molecular flexibility index (Phi) is 5.22. The molecule has 0 spiro atoms. The van der Waals surface area contributed by atoms with Crippen LogP contribution in [0.4, 0.5) is 5.69 Å². The first-order valence-electron chi connectivity index (χ1n) is 7.00. The third kappa shape index (κ3) is 3.74. The van der Waals surface area contributed by atoms with Crippen molar-refractivity contribution < 1.29 is 14.4 Å². The fourth-order valence-corrected chi connectivity index (χ4v) is 3.25. The molecule has 0 saturated carbocycles. The third-order valence-electron chi connectivity index (χ3n) is 4.06. The summed E-state index contributed by atoms with van der Waals surface area (Å²) >= 11 is 3.57. The summed E-state index contributed by atoms with van der Waals surface area (Å²) in [7, 11) is 0. The average Bonchev–Trinajstić information content (AvgIpc) is 2.47. The van der Waals surface area contributed by atoms with E-state index in [-0.39, 0.29) is 16.0 Å². The van der Waals surface area contributed by atoms with Gasteiger partial charge in [-0.25, -0.2) is 0 Å². The van der Waals surface area contributed by atoms with Crippen LogP contribution in [-0.4, -0.2) is 30.1 Å². The number of benzene rings is 1. The molecule has 1 aliphatic heterocycles.